The van der Waals surface area contributed by atoms with Crippen molar-refractivity contribution < 1.29 is 18.0 Å². The lowest BCUT2D eigenvalue weighted by atomic mass is 9.88. The fraction of sp³-hybridized carbons (Fsp3) is 0.417. The molecule has 0 unspecified atom stereocenters. The normalized spacial score (nSPS) is 24.3. The van der Waals surface area contributed by atoms with Crippen LogP contribution in [0.15, 0.2) is 61.0 Å². The minimum atomic E-state index is -3.68. The van der Waals surface area contributed by atoms with Crippen molar-refractivity contribution in [3.8, 4) is 0 Å². The van der Waals surface area contributed by atoms with Gasteiger partial charge in [0.15, 0.2) is 0 Å². The van der Waals surface area contributed by atoms with Gasteiger partial charge in [0.2, 0.25) is 15.9 Å². The van der Waals surface area contributed by atoms with Crippen LogP contribution in [-0.4, -0.2) is 59.2 Å². The summed E-state index contributed by atoms with van der Waals surface area (Å²) in [6.45, 7) is 4.93. The average Bonchev–Trinajstić information content (AvgIpc) is 3.13. The van der Waals surface area contributed by atoms with Gasteiger partial charge in [-0.25, -0.2) is 12.7 Å². The van der Waals surface area contributed by atoms with Gasteiger partial charge in [-0.3, -0.25) is 9.59 Å². The zero-order chi connectivity index (χ0) is 23.0. The van der Waals surface area contributed by atoms with E-state index in [4.69, 9.17) is 0 Å². The van der Waals surface area contributed by atoms with E-state index in [9.17, 15) is 18.0 Å². The molecular weight excluding hydrogens is 462 g/mol. The van der Waals surface area contributed by atoms with Crippen LogP contribution >= 0.6 is 12.4 Å². The van der Waals surface area contributed by atoms with Gasteiger partial charge in [-0.2, -0.15) is 0 Å². The first-order valence-electron chi connectivity index (χ1n) is 10.9. The van der Waals surface area contributed by atoms with Crippen LogP contribution < -0.4 is 0 Å². The Hall–Kier alpha value is -2.58. The highest BCUT2D eigenvalue weighted by Gasteiger charge is 2.58. The molecule has 0 aromatic heterocycles. The number of nitrogens with zero attached hydrogens (tertiary/aromatic N) is 3. The van der Waals surface area contributed by atoms with Crippen molar-refractivity contribution in [1.29, 1.82) is 0 Å². The van der Waals surface area contributed by atoms with Crippen molar-refractivity contribution >= 4 is 34.2 Å². The summed E-state index contributed by atoms with van der Waals surface area (Å²) in [4.78, 5) is 30.1. The summed E-state index contributed by atoms with van der Waals surface area (Å²) in [5.41, 5.74) is 1.61. The maximum Gasteiger partial charge on any atom is 0.254 e. The van der Waals surface area contributed by atoms with Crippen LogP contribution in [0.25, 0.3) is 0 Å². The fourth-order valence-electron chi connectivity index (χ4n) is 5.00. The second kappa shape index (κ2) is 9.73. The molecule has 0 N–H and O–H groups in total. The Balaban J connectivity index is 0.00000306. The average molecular weight is 492 g/mol. The smallest absolute Gasteiger partial charge is 0.254 e. The Labute approximate surface area is 201 Å². The molecule has 7 nitrogen and oxygen atoms in total. The van der Waals surface area contributed by atoms with Crippen molar-refractivity contribution in [1.82, 2.24) is 14.1 Å². The van der Waals surface area contributed by atoms with Gasteiger partial charge in [0.05, 0.1) is 24.3 Å². The Morgan fingerprint density at radius 3 is 2.21 bits per heavy atom. The van der Waals surface area contributed by atoms with E-state index in [0.717, 1.165) is 16.1 Å². The van der Waals surface area contributed by atoms with Gasteiger partial charge < -0.3 is 9.80 Å². The van der Waals surface area contributed by atoms with Crippen LogP contribution in [0.1, 0.15) is 36.2 Å². The van der Waals surface area contributed by atoms with Gasteiger partial charge in [0.1, 0.15) is 0 Å². The van der Waals surface area contributed by atoms with E-state index in [0.29, 0.717) is 25.1 Å². The van der Waals surface area contributed by atoms with Crippen molar-refractivity contribution in [2.75, 3.05) is 12.8 Å². The van der Waals surface area contributed by atoms with Gasteiger partial charge >= 0.3 is 0 Å². The third-order valence-electron chi connectivity index (χ3n) is 6.38. The number of benzene rings is 1. The number of carbonyl (C=O) groups excluding carboxylic acids is 2. The summed E-state index contributed by atoms with van der Waals surface area (Å²) in [5, 5.41) is 0. The minimum absolute atomic E-state index is 0. The zero-order valence-corrected chi connectivity index (χ0v) is 20.6. The molecule has 0 saturated carbocycles. The molecular formula is C24H30ClN3O4S. The van der Waals surface area contributed by atoms with E-state index in [1.54, 1.807) is 4.90 Å². The topological polar surface area (TPSA) is 78.0 Å². The summed E-state index contributed by atoms with van der Waals surface area (Å²) in [6, 6.07) is 6.58. The predicted octanol–water partition coefficient (Wildman–Crippen LogP) is 3.16. The van der Waals surface area contributed by atoms with Crippen molar-refractivity contribution in [3.05, 3.63) is 72.1 Å². The highest BCUT2D eigenvalue weighted by atomic mass is 35.5. The van der Waals surface area contributed by atoms with Crippen molar-refractivity contribution in [3.63, 3.8) is 0 Å². The van der Waals surface area contributed by atoms with E-state index in [2.05, 4.69) is 4.90 Å². The van der Waals surface area contributed by atoms with E-state index in [1.165, 1.54) is 0 Å². The summed E-state index contributed by atoms with van der Waals surface area (Å²) >= 11 is 0. The first-order valence-corrected chi connectivity index (χ1v) is 12.7. The van der Waals surface area contributed by atoms with Gasteiger partial charge in [0.25, 0.3) is 5.91 Å². The number of sulfonamides is 1. The van der Waals surface area contributed by atoms with E-state index in [-0.39, 0.29) is 24.2 Å². The summed E-state index contributed by atoms with van der Waals surface area (Å²) < 4.78 is 25.6. The van der Waals surface area contributed by atoms with Gasteiger partial charge in [-0.1, -0.05) is 38.1 Å². The lowest BCUT2D eigenvalue weighted by Gasteiger charge is -2.29. The molecule has 2 saturated heterocycles. The number of halogens is 1. The summed E-state index contributed by atoms with van der Waals surface area (Å²) in [7, 11) is -3.68. The maximum atomic E-state index is 13.4. The quantitative estimate of drug-likeness (QED) is 0.632. The third-order valence-corrected chi connectivity index (χ3v) is 7.55. The van der Waals surface area contributed by atoms with Gasteiger partial charge in [0, 0.05) is 31.1 Å². The molecule has 1 aromatic carbocycles. The third kappa shape index (κ3) is 4.87. The highest BCUT2D eigenvalue weighted by molar-refractivity contribution is 7.88. The predicted molar refractivity (Wildman–Crippen MR) is 130 cm³/mol. The Morgan fingerprint density at radius 2 is 1.67 bits per heavy atom. The van der Waals surface area contributed by atoms with Crippen molar-refractivity contribution in [2.45, 2.75) is 38.9 Å². The second-order valence-corrected chi connectivity index (χ2v) is 10.8. The second-order valence-electron chi connectivity index (χ2n) is 8.95. The summed E-state index contributed by atoms with van der Waals surface area (Å²) in [6.07, 6.45) is 13.4. The zero-order valence-electron chi connectivity index (χ0n) is 19.0. The van der Waals surface area contributed by atoms with Crippen LogP contribution in [0.4, 0.5) is 0 Å². The van der Waals surface area contributed by atoms with E-state index in [1.807, 2.05) is 74.8 Å². The van der Waals surface area contributed by atoms with Crippen LogP contribution in [0.5, 0.6) is 0 Å². The Bertz CT molecular complexity index is 1080. The highest BCUT2D eigenvalue weighted by Crippen LogP contribution is 2.41. The monoisotopic (exact) mass is 491 g/mol. The molecule has 2 amide bonds. The van der Waals surface area contributed by atoms with Gasteiger partial charge in [-0.05, 0) is 42.2 Å². The van der Waals surface area contributed by atoms with Crippen LogP contribution in [0, 0.1) is 11.8 Å². The number of rotatable bonds is 5. The minimum Gasteiger partial charge on any atom is -0.350 e. The fourth-order valence-corrected chi connectivity index (χ4v) is 6.17. The molecule has 3 aliphatic heterocycles. The van der Waals surface area contributed by atoms with E-state index >= 15 is 0 Å². The van der Waals surface area contributed by atoms with E-state index < -0.39 is 33.9 Å². The lowest BCUT2D eigenvalue weighted by molar-refractivity contribution is -0.129. The lowest BCUT2D eigenvalue weighted by Crippen LogP contribution is -2.44. The molecule has 0 aliphatic carbocycles. The molecule has 0 spiro atoms. The number of fused-ring (bicyclic) bond motifs is 1. The largest absolute Gasteiger partial charge is 0.350 e. The molecule has 9 heteroatoms. The number of likely N-dealkylation sites (tertiary alicyclic amines) is 1. The van der Waals surface area contributed by atoms with Crippen LogP contribution in [0.3, 0.4) is 0 Å². The molecule has 2 fully saturated rings. The Morgan fingerprint density at radius 1 is 1.06 bits per heavy atom. The number of hydrogen-bond acceptors (Lipinski definition) is 5. The first-order chi connectivity index (χ1) is 15.2. The standard InChI is InChI=1S/C24H29N3O4S.ClH/c1-17(2)21-22-20(27(24(21)29)32(3,30)31)12-15-26(22)23(28)19-10-8-18(9-11-19)16-25-13-6-4-5-7-14-25;/h4-11,13-14,17,20-22H,12,15-16H2,1-3H3;1H/t20-,21+,22-;/m0./s1. The van der Waals surface area contributed by atoms with Crippen LogP contribution in [-0.2, 0) is 21.4 Å². The molecule has 33 heavy (non-hydrogen) atoms. The molecule has 0 bridgehead atoms. The van der Waals surface area contributed by atoms with Crippen LogP contribution in [0.2, 0.25) is 0 Å². The number of amides is 2. The molecule has 1 aromatic rings. The number of allylic oxidation sites excluding steroid dienone is 4. The maximum absolute atomic E-state index is 13.4. The molecule has 3 heterocycles. The Kier molecular flexibility index (Phi) is 7.39. The molecule has 3 aliphatic rings. The molecule has 0 radical (unpaired) electrons. The molecule has 178 valence electrons. The number of hydrogen-bond donors (Lipinski definition) is 0. The first kappa shape index (κ1) is 25.1. The SMILES string of the molecule is CC(C)[C@H]1C(=O)N(S(C)(=O)=O)[C@H]2CCN(C(=O)c3ccc(CN4C=CC=CC=C4)cc3)[C@H]12.Cl. The van der Waals surface area contributed by atoms with Crippen molar-refractivity contribution in [2.24, 2.45) is 11.8 Å². The molecule has 3 atom stereocenters. The summed E-state index contributed by atoms with van der Waals surface area (Å²) in [5.74, 6) is -1.13. The number of carbonyl (C=O) groups is 2. The molecule has 4 rings (SSSR count). The van der Waals surface area contributed by atoms with Gasteiger partial charge in [-0.15, -0.1) is 12.4 Å².